The van der Waals surface area contributed by atoms with Crippen LogP contribution < -0.4 is 5.32 Å². The van der Waals surface area contributed by atoms with Crippen LogP contribution in [0.5, 0.6) is 0 Å². The van der Waals surface area contributed by atoms with Crippen molar-refractivity contribution in [3.8, 4) is 6.07 Å². The Morgan fingerprint density at radius 1 is 1.10 bits per heavy atom. The highest BCUT2D eigenvalue weighted by Gasteiger charge is 2.32. The molecule has 0 spiro atoms. The number of benzene rings is 1. The fourth-order valence-corrected chi connectivity index (χ4v) is 3.86. The zero-order valence-electron chi connectivity index (χ0n) is 11.1. The van der Waals surface area contributed by atoms with E-state index in [2.05, 4.69) is 43.2 Å². The molecule has 0 bridgehead atoms. The highest BCUT2D eigenvalue weighted by molar-refractivity contribution is 9.11. The SMILES string of the molecule is N#CC1(NC(=O)c2cc(Br)cc(Br)c2)CCCCCC1. The maximum atomic E-state index is 12.4. The standard InChI is InChI=1S/C15H16Br2N2O/c16-12-7-11(8-13(17)9-12)14(20)19-15(10-18)5-3-1-2-4-6-15/h7-9H,1-6H2,(H,19,20). The third-order valence-electron chi connectivity index (χ3n) is 3.65. The number of nitrogens with zero attached hydrogens (tertiary/aromatic N) is 1. The van der Waals surface area contributed by atoms with Gasteiger partial charge in [0, 0.05) is 14.5 Å². The smallest absolute Gasteiger partial charge is 0.252 e. The predicted molar refractivity (Wildman–Crippen MR) is 85.4 cm³/mol. The van der Waals surface area contributed by atoms with Crippen LogP contribution in [0.2, 0.25) is 0 Å². The fourth-order valence-electron chi connectivity index (χ4n) is 2.57. The number of hydrogen-bond acceptors (Lipinski definition) is 2. The Kier molecular flexibility index (Phi) is 5.22. The van der Waals surface area contributed by atoms with Gasteiger partial charge in [-0.25, -0.2) is 0 Å². The molecule has 1 aliphatic rings. The van der Waals surface area contributed by atoms with E-state index in [4.69, 9.17) is 0 Å². The molecule has 3 nitrogen and oxygen atoms in total. The van der Waals surface area contributed by atoms with Crippen LogP contribution in [-0.2, 0) is 0 Å². The van der Waals surface area contributed by atoms with Gasteiger partial charge in [-0.1, -0.05) is 57.5 Å². The van der Waals surface area contributed by atoms with E-state index in [0.29, 0.717) is 5.56 Å². The van der Waals surface area contributed by atoms with Crippen molar-refractivity contribution in [3.63, 3.8) is 0 Å². The van der Waals surface area contributed by atoms with Gasteiger partial charge in [0.2, 0.25) is 0 Å². The number of halogens is 2. The Morgan fingerprint density at radius 2 is 1.65 bits per heavy atom. The summed E-state index contributed by atoms with van der Waals surface area (Å²) >= 11 is 6.75. The summed E-state index contributed by atoms with van der Waals surface area (Å²) in [5, 5.41) is 12.4. The first-order chi connectivity index (χ1) is 9.54. The second-order valence-electron chi connectivity index (χ2n) is 5.22. The van der Waals surface area contributed by atoms with Gasteiger partial charge in [-0.2, -0.15) is 5.26 Å². The van der Waals surface area contributed by atoms with Crippen LogP contribution in [0, 0.1) is 11.3 Å². The Bertz CT molecular complexity index is 523. The number of carbonyl (C=O) groups is 1. The molecule has 0 saturated heterocycles. The van der Waals surface area contributed by atoms with E-state index in [1.165, 1.54) is 0 Å². The minimum Gasteiger partial charge on any atom is -0.334 e. The van der Waals surface area contributed by atoms with Crippen LogP contribution in [0.15, 0.2) is 27.1 Å². The molecule has 0 heterocycles. The summed E-state index contributed by atoms with van der Waals surface area (Å²) in [4.78, 5) is 12.4. The van der Waals surface area contributed by atoms with Crippen LogP contribution in [-0.4, -0.2) is 11.4 Å². The molecule has 0 aliphatic heterocycles. The number of hydrogen-bond donors (Lipinski definition) is 1. The molecular formula is C15H16Br2N2O. The molecule has 20 heavy (non-hydrogen) atoms. The first kappa shape index (κ1) is 15.5. The first-order valence-corrected chi connectivity index (χ1v) is 8.33. The molecule has 5 heteroatoms. The second-order valence-corrected chi connectivity index (χ2v) is 7.05. The molecule has 1 aliphatic carbocycles. The molecule has 0 radical (unpaired) electrons. The normalized spacial score (nSPS) is 17.9. The molecule has 0 atom stereocenters. The van der Waals surface area contributed by atoms with Gasteiger partial charge in [0.25, 0.3) is 5.91 Å². The summed E-state index contributed by atoms with van der Waals surface area (Å²) in [5.74, 6) is -0.185. The van der Waals surface area contributed by atoms with E-state index in [-0.39, 0.29) is 5.91 Å². The van der Waals surface area contributed by atoms with E-state index in [9.17, 15) is 10.1 Å². The third-order valence-corrected chi connectivity index (χ3v) is 4.56. The van der Waals surface area contributed by atoms with Crippen LogP contribution in [0.25, 0.3) is 0 Å². The summed E-state index contributed by atoms with van der Waals surface area (Å²) in [7, 11) is 0. The number of nitriles is 1. The molecule has 0 aromatic heterocycles. The molecule has 1 N–H and O–H groups in total. The molecule has 1 aromatic rings. The molecule has 1 aromatic carbocycles. The highest BCUT2D eigenvalue weighted by Crippen LogP contribution is 2.27. The average molecular weight is 400 g/mol. The van der Waals surface area contributed by atoms with Crippen LogP contribution in [0.3, 0.4) is 0 Å². The van der Waals surface area contributed by atoms with Crippen molar-refractivity contribution in [2.75, 3.05) is 0 Å². The average Bonchev–Trinajstić information content (AvgIpc) is 2.64. The molecule has 1 saturated carbocycles. The van der Waals surface area contributed by atoms with E-state index >= 15 is 0 Å². The largest absolute Gasteiger partial charge is 0.334 e. The van der Waals surface area contributed by atoms with Gasteiger partial charge in [-0.05, 0) is 31.0 Å². The Balaban J connectivity index is 2.18. The number of nitrogens with one attached hydrogen (secondary N) is 1. The van der Waals surface area contributed by atoms with E-state index in [0.717, 1.165) is 47.5 Å². The Morgan fingerprint density at radius 3 is 2.15 bits per heavy atom. The summed E-state index contributed by atoms with van der Waals surface area (Å²) in [5.41, 5.74) is -0.146. The fraction of sp³-hybridized carbons (Fsp3) is 0.467. The monoisotopic (exact) mass is 398 g/mol. The van der Waals surface area contributed by atoms with Crippen molar-refractivity contribution < 1.29 is 4.79 Å². The zero-order chi connectivity index (χ0) is 14.6. The Labute approximate surface area is 136 Å². The molecule has 2 rings (SSSR count). The number of amides is 1. The number of rotatable bonds is 2. The van der Waals surface area contributed by atoms with Crippen molar-refractivity contribution in [1.82, 2.24) is 5.32 Å². The molecule has 106 valence electrons. The lowest BCUT2D eigenvalue weighted by molar-refractivity contribution is 0.0913. The number of carbonyl (C=O) groups excluding carboxylic acids is 1. The van der Waals surface area contributed by atoms with Crippen LogP contribution in [0.1, 0.15) is 48.9 Å². The second kappa shape index (κ2) is 6.73. The maximum absolute atomic E-state index is 12.4. The van der Waals surface area contributed by atoms with Crippen LogP contribution >= 0.6 is 31.9 Å². The lowest BCUT2D eigenvalue weighted by Crippen LogP contribution is -2.47. The van der Waals surface area contributed by atoms with Crippen molar-refractivity contribution in [2.24, 2.45) is 0 Å². The molecule has 1 fully saturated rings. The topological polar surface area (TPSA) is 52.9 Å². The van der Waals surface area contributed by atoms with E-state index < -0.39 is 5.54 Å². The third kappa shape index (κ3) is 3.83. The van der Waals surface area contributed by atoms with Gasteiger partial charge in [0.1, 0.15) is 5.54 Å². The van der Waals surface area contributed by atoms with Crippen molar-refractivity contribution in [1.29, 1.82) is 5.26 Å². The van der Waals surface area contributed by atoms with Gasteiger partial charge in [0.05, 0.1) is 6.07 Å². The Hall–Kier alpha value is -0.860. The lowest BCUT2D eigenvalue weighted by Gasteiger charge is -2.26. The highest BCUT2D eigenvalue weighted by atomic mass is 79.9. The van der Waals surface area contributed by atoms with Gasteiger partial charge in [-0.15, -0.1) is 0 Å². The predicted octanol–water partition coefficient (Wildman–Crippen LogP) is 4.56. The molecule has 1 amide bonds. The summed E-state index contributed by atoms with van der Waals surface area (Å²) < 4.78 is 1.67. The minimum atomic E-state index is -0.706. The first-order valence-electron chi connectivity index (χ1n) is 6.74. The summed E-state index contributed by atoms with van der Waals surface area (Å²) in [6.45, 7) is 0. The van der Waals surface area contributed by atoms with Crippen molar-refractivity contribution in [2.45, 2.75) is 44.1 Å². The molecular weight excluding hydrogens is 384 g/mol. The molecule has 0 unspecified atom stereocenters. The maximum Gasteiger partial charge on any atom is 0.252 e. The van der Waals surface area contributed by atoms with E-state index in [1.807, 2.05) is 6.07 Å². The van der Waals surface area contributed by atoms with Gasteiger partial charge < -0.3 is 5.32 Å². The van der Waals surface area contributed by atoms with Crippen LogP contribution in [0.4, 0.5) is 0 Å². The van der Waals surface area contributed by atoms with E-state index in [1.54, 1.807) is 12.1 Å². The summed E-state index contributed by atoms with van der Waals surface area (Å²) in [6, 6.07) is 7.74. The van der Waals surface area contributed by atoms with Gasteiger partial charge in [-0.3, -0.25) is 4.79 Å². The van der Waals surface area contributed by atoms with Crippen molar-refractivity contribution >= 4 is 37.8 Å². The van der Waals surface area contributed by atoms with Crippen molar-refractivity contribution in [3.05, 3.63) is 32.7 Å². The minimum absolute atomic E-state index is 0.185. The quantitative estimate of drug-likeness (QED) is 0.741. The van der Waals surface area contributed by atoms with Gasteiger partial charge in [0.15, 0.2) is 0 Å². The zero-order valence-corrected chi connectivity index (χ0v) is 14.3. The lowest BCUT2D eigenvalue weighted by atomic mass is 9.91. The summed E-state index contributed by atoms with van der Waals surface area (Å²) in [6.07, 6.45) is 5.75. The van der Waals surface area contributed by atoms with Gasteiger partial charge >= 0.3 is 0 Å².